The summed E-state index contributed by atoms with van der Waals surface area (Å²) in [7, 11) is 0. The van der Waals surface area contributed by atoms with Crippen molar-refractivity contribution in [2.75, 3.05) is 0 Å². The van der Waals surface area contributed by atoms with E-state index in [0.717, 1.165) is 17.7 Å². The number of H-pyrrole nitrogens is 1. The molecular weight excluding hydrogens is 344 g/mol. The molecule has 27 heavy (non-hydrogen) atoms. The zero-order valence-corrected chi connectivity index (χ0v) is 14.6. The number of rotatable bonds is 4. The van der Waals surface area contributed by atoms with Crippen LogP contribution in [0.1, 0.15) is 44.8 Å². The molecule has 7 nitrogen and oxygen atoms in total. The average Bonchev–Trinajstić information content (AvgIpc) is 3.21. The first kappa shape index (κ1) is 17.0. The third-order valence-electron chi connectivity index (χ3n) is 4.66. The van der Waals surface area contributed by atoms with Gasteiger partial charge in [-0.05, 0) is 42.7 Å². The summed E-state index contributed by atoms with van der Waals surface area (Å²) in [4.78, 5) is 39.3. The number of aromatic amines is 1. The first-order chi connectivity index (χ1) is 13.1. The van der Waals surface area contributed by atoms with Gasteiger partial charge in [0.2, 0.25) is 0 Å². The van der Waals surface area contributed by atoms with Crippen LogP contribution in [0.3, 0.4) is 0 Å². The third-order valence-corrected chi connectivity index (χ3v) is 4.66. The summed E-state index contributed by atoms with van der Waals surface area (Å²) in [5.74, 6) is -0.524. The van der Waals surface area contributed by atoms with Gasteiger partial charge in [0.1, 0.15) is 5.56 Å². The molecule has 2 N–H and O–H groups in total. The van der Waals surface area contributed by atoms with E-state index in [2.05, 4.69) is 15.4 Å². The maximum atomic E-state index is 12.4. The van der Waals surface area contributed by atoms with Crippen molar-refractivity contribution in [3.8, 4) is 5.69 Å². The number of nitrogens with zero attached hydrogens (tertiary/aromatic N) is 2. The minimum Gasteiger partial charge on any atom is -0.348 e. The van der Waals surface area contributed by atoms with E-state index >= 15 is 0 Å². The Labute approximate surface area is 155 Å². The number of aromatic nitrogens is 3. The second-order valence-corrected chi connectivity index (χ2v) is 6.48. The molecule has 136 valence electrons. The first-order valence-electron chi connectivity index (χ1n) is 8.78. The predicted molar refractivity (Wildman–Crippen MR) is 99.1 cm³/mol. The molecule has 1 aromatic carbocycles. The lowest BCUT2D eigenvalue weighted by molar-refractivity contribution is 0.0949. The van der Waals surface area contributed by atoms with Gasteiger partial charge < -0.3 is 10.3 Å². The van der Waals surface area contributed by atoms with E-state index in [1.54, 1.807) is 10.9 Å². The van der Waals surface area contributed by atoms with Crippen LogP contribution >= 0.6 is 0 Å². The summed E-state index contributed by atoms with van der Waals surface area (Å²) in [6.45, 7) is 0.280. The van der Waals surface area contributed by atoms with E-state index in [9.17, 15) is 14.4 Å². The number of Topliss-reactive ketones (excluding diaryl/α,β-unsaturated/α-hetero) is 1. The number of amides is 1. The van der Waals surface area contributed by atoms with E-state index in [0.29, 0.717) is 24.1 Å². The highest BCUT2D eigenvalue weighted by molar-refractivity contribution is 6.01. The molecule has 0 saturated carbocycles. The van der Waals surface area contributed by atoms with E-state index in [1.165, 1.54) is 6.07 Å². The lowest BCUT2D eigenvalue weighted by Gasteiger charge is -2.15. The largest absolute Gasteiger partial charge is 0.348 e. The standard InChI is InChI=1S/C20H18N4O3/c25-18-4-1-3-17-15(18)11-16(20(27)23-17)19(26)21-12-13-5-7-14(8-6-13)24-10-2-9-22-24/h2,5-11H,1,3-4,12H2,(H,21,26)(H,23,27). The van der Waals surface area contributed by atoms with Gasteiger partial charge in [-0.3, -0.25) is 14.4 Å². The van der Waals surface area contributed by atoms with Gasteiger partial charge in [-0.2, -0.15) is 5.10 Å². The predicted octanol–water partition coefficient (Wildman–Crippen LogP) is 2.01. The maximum Gasteiger partial charge on any atom is 0.261 e. The van der Waals surface area contributed by atoms with Gasteiger partial charge >= 0.3 is 0 Å². The highest BCUT2D eigenvalue weighted by Crippen LogP contribution is 2.18. The number of aryl methyl sites for hydroxylation is 1. The highest BCUT2D eigenvalue weighted by atomic mass is 16.2. The Morgan fingerprint density at radius 3 is 2.74 bits per heavy atom. The topological polar surface area (TPSA) is 96.9 Å². The number of nitrogens with one attached hydrogen (secondary N) is 2. The van der Waals surface area contributed by atoms with Crippen molar-refractivity contribution in [2.45, 2.75) is 25.8 Å². The van der Waals surface area contributed by atoms with Crippen molar-refractivity contribution in [1.29, 1.82) is 0 Å². The van der Waals surface area contributed by atoms with Crippen LogP contribution in [-0.4, -0.2) is 26.5 Å². The monoisotopic (exact) mass is 362 g/mol. The number of fused-ring (bicyclic) bond motifs is 1. The normalized spacial score (nSPS) is 13.3. The fourth-order valence-electron chi connectivity index (χ4n) is 3.21. The molecule has 0 fully saturated rings. The molecule has 1 aliphatic carbocycles. The molecular formula is C20H18N4O3. The van der Waals surface area contributed by atoms with E-state index in [1.807, 2.05) is 36.5 Å². The van der Waals surface area contributed by atoms with Crippen molar-refractivity contribution in [3.63, 3.8) is 0 Å². The van der Waals surface area contributed by atoms with Crippen LogP contribution in [0.5, 0.6) is 0 Å². The van der Waals surface area contributed by atoms with Crippen LogP contribution in [0.4, 0.5) is 0 Å². The highest BCUT2D eigenvalue weighted by Gasteiger charge is 2.21. The van der Waals surface area contributed by atoms with Crippen LogP contribution in [0.2, 0.25) is 0 Å². The fourth-order valence-corrected chi connectivity index (χ4v) is 3.21. The van der Waals surface area contributed by atoms with Gasteiger partial charge in [0.05, 0.1) is 5.69 Å². The zero-order valence-electron chi connectivity index (χ0n) is 14.6. The molecule has 0 saturated heterocycles. The van der Waals surface area contributed by atoms with Crippen molar-refractivity contribution in [3.05, 3.63) is 81.5 Å². The summed E-state index contributed by atoms with van der Waals surface area (Å²) >= 11 is 0. The number of hydrogen-bond donors (Lipinski definition) is 2. The van der Waals surface area contributed by atoms with Gasteiger partial charge in [-0.15, -0.1) is 0 Å². The lowest BCUT2D eigenvalue weighted by atomic mass is 9.93. The Hall–Kier alpha value is -3.48. The molecule has 0 radical (unpaired) electrons. The van der Waals surface area contributed by atoms with Gasteiger partial charge in [0.25, 0.3) is 11.5 Å². The fraction of sp³-hybridized carbons (Fsp3) is 0.200. The minimum atomic E-state index is -0.492. The van der Waals surface area contributed by atoms with E-state index in [4.69, 9.17) is 0 Å². The van der Waals surface area contributed by atoms with Crippen molar-refractivity contribution >= 4 is 11.7 Å². The molecule has 0 atom stereocenters. The number of hydrogen-bond acceptors (Lipinski definition) is 4. The second kappa shape index (κ2) is 7.03. The van der Waals surface area contributed by atoms with E-state index < -0.39 is 11.5 Å². The van der Waals surface area contributed by atoms with Crippen LogP contribution < -0.4 is 10.9 Å². The summed E-state index contributed by atoms with van der Waals surface area (Å²) in [5, 5.41) is 6.90. The molecule has 0 spiro atoms. The molecule has 0 aliphatic heterocycles. The Morgan fingerprint density at radius 2 is 2.00 bits per heavy atom. The van der Waals surface area contributed by atoms with Crippen LogP contribution in [-0.2, 0) is 13.0 Å². The summed E-state index contributed by atoms with van der Waals surface area (Å²) in [6.07, 6.45) is 5.38. The molecule has 1 amide bonds. The smallest absolute Gasteiger partial charge is 0.261 e. The number of carbonyl (C=O) groups is 2. The number of pyridine rings is 1. The maximum absolute atomic E-state index is 12.4. The number of ketones is 1. The molecule has 7 heteroatoms. The van der Waals surface area contributed by atoms with Crippen LogP contribution in [0.25, 0.3) is 5.69 Å². The van der Waals surface area contributed by atoms with Crippen molar-refractivity contribution in [1.82, 2.24) is 20.1 Å². The molecule has 0 bridgehead atoms. The molecule has 1 aliphatic rings. The lowest BCUT2D eigenvalue weighted by Crippen LogP contribution is -2.31. The SMILES string of the molecule is O=C1CCCc2[nH]c(=O)c(C(=O)NCc3ccc(-n4cccn4)cc3)cc21. The quantitative estimate of drug-likeness (QED) is 0.742. The Bertz CT molecular complexity index is 1050. The summed E-state index contributed by atoms with van der Waals surface area (Å²) < 4.78 is 1.74. The van der Waals surface area contributed by atoms with Gasteiger partial charge in [-0.1, -0.05) is 12.1 Å². The van der Waals surface area contributed by atoms with E-state index in [-0.39, 0.29) is 17.9 Å². The van der Waals surface area contributed by atoms with Gasteiger partial charge in [0, 0.05) is 36.6 Å². The van der Waals surface area contributed by atoms with Gasteiger partial charge in [0.15, 0.2) is 5.78 Å². The first-order valence-corrected chi connectivity index (χ1v) is 8.78. The number of carbonyl (C=O) groups excluding carboxylic acids is 2. The second-order valence-electron chi connectivity index (χ2n) is 6.48. The van der Waals surface area contributed by atoms with Crippen molar-refractivity contribution in [2.24, 2.45) is 0 Å². The number of benzene rings is 1. The van der Waals surface area contributed by atoms with Crippen LogP contribution in [0.15, 0.2) is 53.6 Å². The summed E-state index contributed by atoms with van der Waals surface area (Å²) in [5.41, 5.74) is 2.40. The molecule has 4 rings (SSSR count). The molecule has 3 aromatic rings. The Morgan fingerprint density at radius 1 is 1.19 bits per heavy atom. The minimum absolute atomic E-state index is 0.0304. The Kier molecular flexibility index (Phi) is 4.42. The van der Waals surface area contributed by atoms with Crippen molar-refractivity contribution < 1.29 is 9.59 Å². The third kappa shape index (κ3) is 3.44. The summed E-state index contributed by atoms with van der Waals surface area (Å²) in [6, 6.07) is 10.8. The Balaban J connectivity index is 1.47. The zero-order chi connectivity index (χ0) is 18.8. The van der Waals surface area contributed by atoms with Gasteiger partial charge in [-0.25, -0.2) is 4.68 Å². The molecule has 2 aromatic heterocycles. The average molecular weight is 362 g/mol. The molecule has 2 heterocycles. The van der Waals surface area contributed by atoms with Crippen LogP contribution in [0, 0.1) is 0 Å². The molecule has 0 unspecified atom stereocenters.